The molecule has 0 aliphatic carbocycles. The van der Waals surface area contributed by atoms with Crippen LogP contribution in [-0.4, -0.2) is 30.4 Å². The van der Waals surface area contributed by atoms with E-state index in [9.17, 15) is 19.2 Å². The molecule has 0 spiro atoms. The Balaban J connectivity index is 1.88. The fourth-order valence-electron chi connectivity index (χ4n) is 2.35. The summed E-state index contributed by atoms with van der Waals surface area (Å²) in [4.78, 5) is 46.6. The van der Waals surface area contributed by atoms with Crippen molar-refractivity contribution in [1.29, 1.82) is 0 Å². The van der Waals surface area contributed by atoms with Gasteiger partial charge >= 0.3 is 12.0 Å². The highest BCUT2D eigenvalue weighted by molar-refractivity contribution is 6.33. The van der Waals surface area contributed by atoms with Crippen LogP contribution in [-0.2, 0) is 14.3 Å². The molecule has 28 heavy (non-hydrogen) atoms. The van der Waals surface area contributed by atoms with Crippen molar-refractivity contribution in [3.05, 3.63) is 52.3 Å². The molecule has 1 aromatic carbocycles. The molecular weight excluding hydrogens is 388 g/mol. The third kappa shape index (κ3) is 3.95. The van der Waals surface area contributed by atoms with Crippen LogP contribution in [0.3, 0.4) is 0 Å². The molecule has 0 radical (unpaired) electrons. The first kappa shape index (κ1) is 18.9. The molecule has 4 amide bonds. The van der Waals surface area contributed by atoms with E-state index in [1.54, 1.807) is 12.1 Å². The SMILES string of the molecule is C#CCOC(=O)c1cc(-c2ccc(C=C3C(=O)NC(=O)NC3=O)o2)ccc1Cl. The number of amides is 4. The Morgan fingerprint density at radius 2 is 1.89 bits per heavy atom. The average Bonchev–Trinajstić information content (AvgIpc) is 3.11. The fourth-order valence-corrected chi connectivity index (χ4v) is 2.55. The van der Waals surface area contributed by atoms with Gasteiger partial charge in [-0.15, -0.1) is 6.42 Å². The first-order chi connectivity index (χ1) is 13.4. The molecule has 2 heterocycles. The molecule has 0 unspecified atom stereocenters. The van der Waals surface area contributed by atoms with Crippen LogP contribution in [0.2, 0.25) is 5.02 Å². The van der Waals surface area contributed by atoms with Gasteiger partial charge in [-0.2, -0.15) is 0 Å². The van der Waals surface area contributed by atoms with Crippen molar-refractivity contribution in [3.8, 4) is 23.7 Å². The van der Waals surface area contributed by atoms with E-state index in [1.807, 2.05) is 10.6 Å². The maximum absolute atomic E-state index is 12.0. The zero-order valence-corrected chi connectivity index (χ0v) is 14.8. The van der Waals surface area contributed by atoms with Gasteiger partial charge in [0.1, 0.15) is 17.1 Å². The van der Waals surface area contributed by atoms with Crippen molar-refractivity contribution in [1.82, 2.24) is 10.6 Å². The van der Waals surface area contributed by atoms with Crippen LogP contribution >= 0.6 is 11.6 Å². The standard InChI is InChI=1S/C19H11ClN2O6/c1-2-7-27-18(25)12-8-10(3-5-14(12)20)15-6-4-11(28-15)9-13-16(23)21-19(26)22-17(13)24/h1,3-6,8-9H,7H2,(H2,21,22,23,24,26). The summed E-state index contributed by atoms with van der Waals surface area (Å²) in [7, 11) is 0. The molecule has 1 saturated heterocycles. The lowest BCUT2D eigenvalue weighted by molar-refractivity contribution is -0.123. The van der Waals surface area contributed by atoms with Gasteiger partial charge in [0.05, 0.1) is 10.6 Å². The zero-order valence-electron chi connectivity index (χ0n) is 14.1. The lowest BCUT2D eigenvalue weighted by Gasteiger charge is -2.13. The highest BCUT2D eigenvalue weighted by Crippen LogP contribution is 2.28. The number of carbonyl (C=O) groups excluding carboxylic acids is 4. The van der Waals surface area contributed by atoms with Crippen LogP contribution < -0.4 is 10.6 Å². The van der Waals surface area contributed by atoms with Crippen molar-refractivity contribution >= 4 is 41.5 Å². The number of benzene rings is 1. The van der Waals surface area contributed by atoms with Gasteiger partial charge in [-0.1, -0.05) is 17.5 Å². The summed E-state index contributed by atoms with van der Waals surface area (Å²) in [6, 6.07) is 6.79. The van der Waals surface area contributed by atoms with Gasteiger partial charge in [0.2, 0.25) is 0 Å². The number of carbonyl (C=O) groups is 4. The number of imide groups is 2. The molecule has 9 heteroatoms. The number of hydrogen-bond acceptors (Lipinski definition) is 6. The van der Waals surface area contributed by atoms with Crippen LogP contribution in [0.1, 0.15) is 16.1 Å². The minimum absolute atomic E-state index is 0.107. The van der Waals surface area contributed by atoms with Gasteiger partial charge in [0, 0.05) is 5.56 Å². The third-order valence-corrected chi connectivity index (χ3v) is 3.94. The minimum Gasteiger partial charge on any atom is -0.457 e. The smallest absolute Gasteiger partial charge is 0.340 e. The number of ether oxygens (including phenoxy) is 1. The van der Waals surface area contributed by atoms with Crippen LogP contribution in [0.15, 0.2) is 40.3 Å². The van der Waals surface area contributed by atoms with Gasteiger partial charge in [0.15, 0.2) is 6.61 Å². The normalized spacial score (nSPS) is 13.4. The number of barbiturate groups is 1. The Morgan fingerprint density at radius 1 is 1.18 bits per heavy atom. The van der Waals surface area contributed by atoms with Gasteiger partial charge in [0.25, 0.3) is 11.8 Å². The lowest BCUT2D eigenvalue weighted by atomic mass is 10.1. The molecule has 0 atom stereocenters. The number of esters is 1. The Hall–Kier alpha value is -3.83. The second-order valence-electron chi connectivity index (χ2n) is 5.47. The molecule has 1 aromatic heterocycles. The second kappa shape index (κ2) is 7.82. The van der Waals surface area contributed by atoms with Crippen LogP contribution in [0, 0.1) is 12.3 Å². The van der Waals surface area contributed by atoms with Crippen LogP contribution in [0.4, 0.5) is 4.79 Å². The Bertz CT molecular complexity index is 1050. The minimum atomic E-state index is -0.891. The van der Waals surface area contributed by atoms with E-state index in [1.165, 1.54) is 24.3 Å². The van der Waals surface area contributed by atoms with E-state index >= 15 is 0 Å². The summed E-state index contributed by atoms with van der Waals surface area (Å²) in [6.45, 7) is -0.190. The van der Waals surface area contributed by atoms with E-state index in [0.29, 0.717) is 11.3 Å². The fraction of sp³-hybridized carbons (Fsp3) is 0.0526. The summed E-state index contributed by atoms with van der Waals surface area (Å²) >= 11 is 6.03. The topological polar surface area (TPSA) is 115 Å². The number of nitrogens with one attached hydrogen (secondary N) is 2. The van der Waals surface area contributed by atoms with Gasteiger partial charge in [-0.05, 0) is 36.4 Å². The molecule has 2 aromatic rings. The zero-order chi connectivity index (χ0) is 20.3. The molecule has 2 N–H and O–H groups in total. The number of terminal acetylenes is 1. The van der Waals surface area contributed by atoms with Crippen molar-refractivity contribution in [2.24, 2.45) is 0 Å². The van der Waals surface area contributed by atoms with Crippen molar-refractivity contribution in [3.63, 3.8) is 0 Å². The number of furan rings is 1. The first-order valence-electron chi connectivity index (χ1n) is 7.77. The maximum Gasteiger partial charge on any atom is 0.340 e. The first-order valence-corrected chi connectivity index (χ1v) is 8.15. The molecular formula is C19H11ClN2O6. The Labute approximate surface area is 163 Å². The van der Waals surface area contributed by atoms with Crippen molar-refractivity contribution < 1.29 is 28.3 Å². The molecule has 140 valence electrons. The summed E-state index contributed by atoms with van der Waals surface area (Å²) in [6.07, 6.45) is 6.26. The number of rotatable bonds is 4. The lowest BCUT2D eigenvalue weighted by Crippen LogP contribution is -2.51. The average molecular weight is 399 g/mol. The highest BCUT2D eigenvalue weighted by Gasteiger charge is 2.28. The maximum atomic E-state index is 12.0. The summed E-state index contributed by atoms with van der Waals surface area (Å²) in [5.74, 6) is 0.374. The number of urea groups is 1. The Morgan fingerprint density at radius 3 is 2.57 bits per heavy atom. The summed E-state index contributed by atoms with van der Waals surface area (Å²) in [5.41, 5.74) is 0.333. The van der Waals surface area contributed by atoms with Crippen LogP contribution in [0.25, 0.3) is 17.4 Å². The molecule has 1 aliphatic rings. The van der Waals surface area contributed by atoms with Gasteiger partial charge in [-0.3, -0.25) is 20.2 Å². The van der Waals surface area contributed by atoms with Crippen LogP contribution in [0.5, 0.6) is 0 Å². The third-order valence-electron chi connectivity index (χ3n) is 3.61. The van der Waals surface area contributed by atoms with E-state index in [4.69, 9.17) is 27.2 Å². The van der Waals surface area contributed by atoms with Crippen molar-refractivity contribution in [2.45, 2.75) is 0 Å². The second-order valence-corrected chi connectivity index (χ2v) is 5.88. The quantitative estimate of drug-likeness (QED) is 0.353. The molecule has 0 saturated carbocycles. The van der Waals surface area contributed by atoms with E-state index in [2.05, 4.69) is 5.92 Å². The predicted molar refractivity (Wildman–Crippen MR) is 97.9 cm³/mol. The highest BCUT2D eigenvalue weighted by atomic mass is 35.5. The van der Waals surface area contributed by atoms with Crippen molar-refractivity contribution in [2.75, 3.05) is 6.61 Å². The van der Waals surface area contributed by atoms with Gasteiger partial charge < -0.3 is 9.15 Å². The van der Waals surface area contributed by atoms with E-state index in [-0.39, 0.29) is 28.5 Å². The Kier molecular flexibility index (Phi) is 5.29. The molecule has 8 nitrogen and oxygen atoms in total. The number of halogens is 1. The molecule has 0 bridgehead atoms. The number of hydrogen-bond donors (Lipinski definition) is 2. The molecule has 3 rings (SSSR count). The van der Waals surface area contributed by atoms with Gasteiger partial charge in [-0.25, -0.2) is 9.59 Å². The molecule has 1 aliphatic heterocycles. The van der Waals surface area contributed by atoms with E-state index < -0.39 is 23.8 Å². The largest absolute Gasteiger partial charge is 0.457 e. The predicted octanol–water partition coefficient (Wildman–Crippen LogP) is 2.14. The monoisotopic (exact) mass is 398 g/mol. The molecule has 1 fully saturated rings. The summed E-state index contributed by atoms with van der Waals surface area (Å²) in [5, 5.41) is 4.10. The summed E-state index contributed by atoms with van der Waals surface area (Å²) < 4.78 is 10.5. The van der Waals surface area contributed by atoms with E-state index in [0.717, 1.165) is 0 Å².